The zero-order chi connectivity index (χ0) is 19.9. The van der Waals surface area contributed by atoms with Crippen molar-refractivity contribution in [2.24, 2.45) is 5.92 Å². The van der Waals surface area contributed by atoms with Crippen LogP contribution in [0.25, 0.3) is 0 Å². The quantitative estimate of drug-likeness (QED) is 0.722. The number of rotatable bonds is 8. The van der Waals surface area contributed by atoms with Crippen molar-refractivity contribution in [2.75, 3.05) is 6.61 Å². The van der Waals surface area contributed by atoms with Crippen molar-refractivity contribution in [1.29, 1.82) is 0 Å². The van der Waals surface area contributed by atoms with E-state index < -0.39 is 18.8 Å². The van der Waals surface area contributed by atoms with Crippen LogP contribution in [0.2, 0.25) is 0 Å². The van der Waals surface area contributed by atoms with Gasteiger partial charge in [-0.25, -0.2) is 0 Å². The maximum atomic E-state index is 12.5. The topological polar surface area (TPSA) is 67.4 Å². The SMILES string of the molecule is CC(=O)NC(C(=O)NCc1ccc(COCC(F)(F)F)cc1)C1CCCC1. The molecule has 1 saturated carbocycles. The number of carbonyl (C=O) groups is 2. The van der Waals surface area contributed by atoms with Gasteiger partial charge in [-0.2, -0.15) is 13.2 Å². The number of hydrogen-bond donors (Lipinski definition) is 2. The molecule has 2 N–H and O–H groups in total. The summed E-state index contributed by atoms with van der Waals surface area (Å²) in [6.45, 7) is 0.273. The molecule has 0 saturated heterocycles. The molecule has 27 heavy (non-hydrogen) atoms. The van der Waals surface area contributed by atoms with Gasteiger partial charge in [0.1, 0.15) is 12.6 Å². The van der Waals surface area contributed by atoms with E-state index in [1.807, 2.05) is 0 Å². The first-order chi connectivity index (χ1) is 12.7. The molecule has 1 aromatic rings. The molecule has 0 heterocycles. The smallest absolute Gasteiger partial charge is 0.367 e. The lowest BCUT2D eigenvalue weighted by Gasteiger charge is -2.23. The van der Waals surface area contributed by atoms with E-state index in [2.05, 4.69) is 15.4 Å². The highest BCUT2D eigenvalue weighted by Gasteiger charge is 2.31. The van der Waals surface area contributed by atoms with Gasteiger partial charge in [-0.3, -0.25) is 9.59 Å². The van der Waals surface area contributed by atoms with Crippen molar-refractivity contribution in [2.45, 2.75) is 58.0 Å². The summed E-state index contributed by atoms with van der Waals surface area (Å²) in [5.41, 5.74) is 1.44. The molecular weight excluding hydrogens is 361 g/mol. The van der Waals surface area contributed by atoms with Gasteiger partial charge < -0.3 is 15.4 Å². The molecular formula is C19H25F3N2O3. The van der Waals surface area contributed by atoms with E-state index in [-0.39, 0.29) is 30.9 Å². The average molecular weight is 386 g/mol. The standard InChI is InChI=1S/C19H25F3N2O3/c1-13(25)24-17(16-4-2-3-5-16)18(26)23-10-14-6-8-15(9-7-14)11-27-12-19(20,21)22/h6-9,16-17H,2-5,10-12H2,1H3,(H,23,26)(H,24,25). The van der Waals surface area contributed by atoms with Crippen LogP contribution in [0.4, 0.5) is 13.2 Å². The van der Waals surface area contributed by atoms with Crippen molar-refractivity contribution in [3.05, 3.63) is 35.4 Å². The maximum Gasteiger partial charge on any atom is 0.411 e. The Balaban J connectivity index is 1.83. The first-order valence-corrected chi connectivity index (χ1v) is 9.02. The Morgan fingerprint density at radius 3 is 2.30 bits per heavy atom. The van der Waals surface area contributed by atoms with Crippen LogP contribution < -0.4 is 10.6 Å². The van der Waals surface area contributed by atoms with E-state index in [1.54, 1.807) is 24.3 Å². The fraction of sp³-hybridized carbons (Fsp3) is 0.579. The summed E-state index contributed by atoms with van der Waals surface area (Å²) >= 11 is 0. The number of nitrogens with one attached hydrogen (secondary N) is 2. The molecule has 1 aliphatic carbocycles. The number of alkyl halides is 3. The van der Waals surface area contributed by atoms with E-state index in [0.29, 0.717) is 5.56 Å². The van der Waals surface area contributed by atoms with Crippen molar-refractivity contribution < 1.29 is 27.5 Å². The summed E-state index contributed by atoms with van der Waals surface area (Å²) in [4.78, 5) is 23.9. The number of benzene rings is 1. The van der Waals surface area contributed by atoms with E-state index in [4.69, 9.17) is 0 Å². The summed E-state index contributed by atoms with van der Waals surface area (Å²) in [6, 6.07) is 6.27. The number of amides is 2. The zero-order valence-corrected chi connectivity index (χ0v) is 15.3. The van der Waals surface area contributed by atoms with Crippen LogP contribution in [-0.2, 0) is 27.5 Å². The van der Waals surface area contributed by atoms with Crippen LogP contribution in [0.5, 0.6) is 0 Å². The molecule has 5 nitrogen and oxygen atoms in total. The van der Waals surface area contributed by atoms with E-state index >= 15 is 0 Å². The molecule has 0 bridgehead atoms. The lowest BCUT2D eigenvalue weighted by Crippen LogP contribution is -2.49. The van der Waals surface area contributed by atoms with Gasteiger partial charge >= 0.3 is 6.18 Å². The van der Waals surface area contributed by atoms with E-state index in [1.165, 1.54) is 6.92 Å². The third kappa shape index (κ3) is 7.58. The summed E-state index contributed by atoms with van der Waals surface area (Å²) in [6.07, 6.45) is -0.373. The summed E-state index contributed by atoms with van der Waals surface area (Å²) in [5, 5.41) is 5.57. The fourth-order valence-corrected chi connectivity index (χ4v) is 3.24. The maximum absolute atomic E-state index is 12.5. The monoisotopic (exact) mass is 386 g/mol. The minimum absolute atomic E-state index is 0.127. The van der Waals surface area contributed by atoms with Crippen LogP contribution in [0.3, 0.4) is 0 Å². The number of hydrogen-bond acceptors (Lipinski definition) is 3. The normalized spacial score (nSPS) is 16.1. The van der Waals surface area contributed by atoms with Crippen molar-refractivity contribution in [1.82, 2.24) is 10.6 Å². The van der Waals surface area contributed by atoms with Crippen molar-refractivity contribution in [3.8, 4) is 0 Å². The van der Waals surface area contributed by atoms with Crippen LogP contribution in [0.15, 0.2) is 24.3 Å². The fourth-order valence-electron chi connectivity index (χ4n) is 3.24. The second kappa shape index (κ2) is 9.73. The number of carbonyl (C=O) groups excluding carboxylic acids is 2. The van der Waals surface area contributed by atoms with Gasteiger partial charge in [0.2, 0.25) is 11.8 Å². The van der Waals surface area contributed by atoms with Crippen LogP contribution in [0.1, 0.15) is 43.7 Å². The molecule has 8 heteroatoms. The first-order valence-electron chi connectivity index (χ1n) is 9.02. The van der Waals surface area contributed by atoms with Gasteiger partial charge in [0.05, 0.1) is 6.61 Å². The van der Waals surface area contributed by atoms with Crippen molar-refractivity contribution in [3.63, 3.8) is 0 Å². The molecule has 0 aliphatic heterocycles. The van der Waals surface area contributed by atoms with Gasteiger partial charge in [0, 0.05) is 13.5 Å². The third-order valence-electron chi connectivity index (χ3n) is 4.54. The first kappa shape index (κ1) is 21.2. The Bertz CT molecular complexity index is 626. The average Bonchev–Trinajstić information content (AvgIpc) is 3.11. The van der Waals surface area contributed by atoms with E-state index in [0.717, 1.165) is 31.2 Å². The Labute approximate surface area is 156 Å². The molecule has 0 radical (unpaired) electrons. The molecule has 2 rings (SSSR count). The van der Waals surface area contributed by atoms with Gasteiger partial charge in [0.15, 0.2) is 0 Å². The summed E-state index contributed by atoms with van der Waals surface area (Å²) in [5.74, 6) is -0.290. The van der Waals surface area contributed by atoms with Gasteiger partial charge in [-0.15, -0.1) is 0 Å². The van der Waals surface area contributed by atoms with Crippen molar-refractivity contribution >= 4 is 11.8 Å². The lowest BCUT2D eigenvalue weighted by atomic mass is 9.97. The summed E-state index contributed by atoms with van der Waals surface area (Å²) < 4.78 is 40.8. The third-order valence-corrected chi connectivity index (χ3v) is 4.54. The highest BCUT2D eigenvalue weighted by Crippen LogP contribution is 2.28. The molecule has 1 fully saturated rings. The van der Waals surface area contributed by atoms with Gasteiger partial charge in [-0.05, 0) is 29.9 Å². The zero-order valence-electron chi connectivity index (χ0n) is 15.3. The van der Waals surface area contributed by atoms with Gasteiger partial charge in [0.25, 0.3) is 0 Å². The van der Waals surface area contributed by atoms with Crippen LogP contribution >= 0.6 is 0 Å². The number of halogens is 3. The van der Waals surface area contributed by atoms with Crippen LogP contribution in [-0.4, -0.2) is 30.6 Å². The lowest BCUT2D eigenvalue weighted by molar-refractivity contribution is -0.176. The summed E-state index contributed by atoms with van der Waals surface area (Å²) in [7, 11) is 0. The Morgan fingerprint density at radius 1 is 1.15 bits per heavy atom. The molecule has 1 aromatic carbocycles. The number of ether oxygens (including phenoxy) is 1. The second-order valence-corrected chi connectivity index (χ2v) is 6.87. The Kier molecular flexibility index (Phi) is 7.65. The Morgan fingerprint density at radius 2 is 1.74 bits per heavy atom. The minimum Gasteiger partial charge on any atom is -0.367 e. The highest BCUT2D eigenvalue weighted by atomic mass is 19.4. The second-order valence-electron chi connectivity index (χ2n) is 6.87. The molecule has 1 atom stereocenters. The molecule has 0 spiro atoms. The molecule has 2 amide bonds. The Hall–Kier alpha value is -2.09. The molecule has 150 valence electrons. The molecule has 1 unspecified atom stereocenters. The predicted molar refractivity (Wildman–Crippen MR) is 93.6 cm³/mol. The predicted octanol–water partition coefficient (Wildman–Crippen LogP) is 3.08. The van der Waals surface area contributed by atoms with E-state index in [9.17, 15) is 22.8 Å². The highest BCUT2D eigenvalue weighted by molar-refractivity contribution is 5.87. The molecule has 0 aromatic heterocycles. The van der Waals surface area contributed by atoms with Gasteiger partial charge in [-0.1, -0.05) is 37.1 Å². The molecule has 1 aliphatic rings. The minimum atomic E-state index is -4.34. The largest absolute Gasteiger partial charge is 0.411 e. The van der Waals surface area contributed by atoms with Crippen LogP contribution in [0, 0.1) is 5.92 Å².